The van der Waals surface area contributed by atoms with Crippen molar-refractivity contribution in [3.63, 3.8) is 0 Å². The second-order valence-electron chi connectivity index (χ2n) is 5.43. The Morgan fingerprint density at radius 1 is 1.28 bits per heavy atom. The Labute approximate surface area is 107 Å². The quantitative estimate of drug-likeness (QED) is 0.889. The summed E-state index contributed by atoms with van der Waals surface area (Å²) in [6.07, 6.45) is 8.43. The summed E-state index contributed by atoms with van der Waals surface area (Å²) in [5, 5.41) is 8.92. The molecule has 3 heterocycles. The summed E-state index contributed by atoms with van der Waals surface area (Å²) in [7, 11) is 0. The van der Waals surface area contributed by atoms with Crippen LogP contribution in [0.5, 0.6) is 0 Å². The van der Waals surface area contributed by atoms with E-state index in [1.165, 1.54) is 18.5 Å². The lowest BCUT2D eigenvalue weighted by atomic mass is 9.88. The molecule has 18 heavy (non-hydrogen) atoms. The third kappa shape index (κ3) is 2.07. The predicted molar refractivity (Wildman–Crippen MR) is 68.5 cm³/mol. The van der Waals surface area contributed by atoms with E-state index < -0.39 is 5.97 Å². The number of piperidine rings is 1. The van der Waals surface area contributed by atoms with Crippen molar-refractivity contribution in [2.45, 2.75) is 44.2 Å². The van der Waals surface area contributed by atoms with Crippen LogP contribution in [-0.4, -0.2) is 28.1 Å². The van der Waals surface area contributed by atoms with Gasteiger partial charge in [-0.25, -0.2) is 0 Å². The number of fused-ring (bicyclic) bond motifs is 2. The molecule has 0 amide bonds. The summed E-state index contributed by atoms with van der Waals surface area (Å²) < 4.78 is 0. The molecule has 1 aromatic heterocycles. The summed E-state index contributed by atoms with van der Waals surface area (Å²) in [5.41, 5.74) is 1.24. The number of carboxylic acid groups (broad SMARTS) is 1. The largest absolute Gasteiger partial charge is 0.481 e. The maximum absolute atomic E-state index is 10.8. The third-order valence-corrected chi connectivity index (χ3v) is 4.25. The molecule has 96 valence electrons. The second kappa shape index (κ2) is 4.59. The van der Waals surface area contributed by atoms with E-state index in [9.17, 15) is 4.79 Å². The third-order valence-electron chi connectivity index (χ3n) is 4.25. The number of hydrogen-bond donors (Lipinski definition) is 1. The Bertz CT molecular complexity index is 421. The summed E-state index contributed by atoms with van der Waals surface area (Å²) in [6.45, 7) is 0. The van der Waals surface area contributed by atoms with Crippen molar-refractivity contribution >= 4 is 11.7 Å². The molecule has 1 N–H and O–H groups in total. The molecule has 2 bridgehead atoms. The minimum Gasteiger partial charge on any atom is -0.481 e. The van der Waals surface area contributed by atoms with E-state index in [0.29, 0.717) is 24.4 Å². The van der Waals surface area contributed by atoms with Gasteiger partial charge in [0.2, 0.25) is 0 Å². The summed E-state index contributed by atoms with van der Waals surface area (Å²) in [6, 6.07) is 5.16. The van der Waals surface area contributed by atoms with Crippen LogP contribution >= 0.6 is 0 Å². The summed E-state index contributed by atoms with van der Waals surface area (Å²) in [5.74, 6) is -0.296. The first-order valence-corrected chi connectivity index (χ1v) is 6.64. The Hall–Kier alpha value is -1.58. The smallest absolute Gasteiger partial charge is 0.303 e. The highest BCUT2D eigenvalue weighted by atomic mass is 16.4. The van der Waals surface area contributed by atoms with Crippen LogP contribution in [0.3, 0.4) is 0 Å². The number of carbonyl (C=O) groups is 1. The minimum absolute atomic E-state index is 0.331. The molecule has 2 unspecified atom stereocenters. The van der Waals surface area contributed by atoms with Crippen molar-refractivity contribution in [1.82, 2.24) is 4.98 Å². The van der Waals surface area contributed by atoms with Crippen LogP contribution in [0.2, 0.25) is 0 Å². The molecular formula is C14H18N2O2. The number of rotatable bonds is 3. The lowest BCUT2D eigenvalue weighted by molar-refractivity contribution is -0.138. The fraction of sp³-hybridized carbons (Fsp3) is 0.571. The van der Waals surface area contributed by atoms with Gasteiger partial charge in [-0.1, -0.05) is 0 Å². The first-order valence-electron chi connectivity index (χ1n) is 6.64. The average Bonchev–Trinajstić information content (AvgIpc) is 2.62. The standard InChI is InChI=1S/C14H18N2O2/c17-14(18)9-10-7-12-1-2-13(8-10)16(12)11-3-5-15-6-4-11/h3-6,10,12-13H,1-2,7-9H2,(H,17,18). The fourth-order valence-corrected chi connectivity index (χ4v) is 3.64. The van der Waals surface area contributed by atoms with Crippen LogP contribution < -0.4 is 4.90 Å². The predicted octanol–water partition coefficient (Wildman–Crippen LogP) is 2.30. The van der Waals surface area contributed by atoms with E-state index in [-0.39, 0.29) is 0 Å². The second-order valence-corrected chi connectivity index (χ2v) is 5.43. The van der Waals surface area contributed by atoms with Gasteiger partial charge in [0.15, 0.2) is 0 Å². The first-order chi connectivity index (χ1) is 8.74. The maximum Gasteiger partial charge on any atom is 0.303 e. The van der Waals surface area contributed by atoms with E-state index in [2.05, 4.69) is 22.0 Å². The first kappa shape index (κ1) is 11.5. The molecule has 4 heteroatoms. The lowest BCUT2D eigenvalue weighted by Gasteiger charge is -2.40. The zero-order chi connectivity index (χ0) is 12.5. The number of aromatic nitrogens is 1. The molecule has 2 aliphatic heterocycles. The van der Waals surface area contributed by atoms with Crippen LogP contribution in [0, 0.1) is 5.92 Å². The number of aliphatic carboxylic acids is 1. The molecular weight excluding hydrogens is 228 g/mol. The molecule has 3 rings (SSSR count). The zero-order valence-corrected chi connectivity index (χ0v) is 10.3. The molecule has 0 saturated carbocycles. The van der Waals surface area contributed by atoms with Gasteiger partial charge in [0, 0.05) is 36.6 Å². The SMILES string of the molecule is O=C(O)CC1CC2CCC(C1)N2c1ccncc1. The minimum atomic E-state index is -0.656. The van der Waals surface area contributed by atoms with Crippen molar-refractivity contribution in [1.29, 1.82) is 0 Å². The van der Waals surface area contributed by atoms with Gasteiger partial charge in [-0.05, 0) is 43.7 Å². The van der Waals surface area contributed by atoms with Crippen LogP contribution in [0.25, 0.3) is 0 Å². The number of pyridine rings is 1. The molecule has 1 aromatic rings. The number of anilines is 1. The summed E-state index contributed by atoms with van der Waals surface area (Å²) >= 11 is 0. The van der Waals surface area contributed by atoms with E-state index in [1.807, 2.05) is 12.4 Å². The van der Waals surface area contributed by atoms with E-state index in [0.717, 1.165) is 12.8 Å². The Balaban J connectivity index is 1.76. The van der Waals surface area contributed by atoms with Crippen LogP contribution in [0.4, 0.5) is 5.69 Å². The monoisotopic (exact) mass is 246 g/mol. The number of hydrogen-bond acceptors (Lipinski definition) is 3. The highest BCUT2D eigenvalue weighted by Gasteiger charge is 2.41. The highest BCUT2D eigenvalue weighted by molar-refractivity contribution is 5.67. The van der Waals surface area contributed by atoms with Crippen molar-refractivity contribution < 1.29 is 9.90 Å². The van der Waals surface area contributed by atoms with Gasteiger partial charge >= 0.3 is 5.97 Å². The van der Waals surface area contributed by atoms with E-state index in [1.54, 1.807) is 0 Å². The van der Waals surface area contributed by atoms with Gasteiger partial charge in [0.05, 0.1) is 0 Å². The molecule has 0 aromatic carbocycles. The van der Waals surface area contributed by atoms with Gasteiger partial charge in [-0.2, -0.15) is 0 Å². The van der Waals surface area contributed by atoms with Crippen molar-refractivity contribution in [2.24, 2.45) is 5.92 Å². The van der Waals surface area contributed by atoms with Gasteiger partial charge < -0.3 is 10.0 Å². The van der Waals surface area contributed by atoms with E-state index >= 15 is 0 Å². The molecule has 0 aliphatic carbocycles. The van der Waals surface area contributed by atoms with Crippen LogP contribution in [0.15, 0.2) is 24.5 Å². The molecule has 0 spiro atoms. The molecule has 2 atom stereocenters. The summed E-state index contributed by atoms with van der Waals surface area (Å²) in [4.78, 5) is 17.4. The fourth-order valence-electron chi connectivity index (χ4n) is 3.64. The molecule has 2 saturated heterocycles. The van der Waals surface area contributed by atoms with Gasteiger partial charge in [0.25, 0.3) is 0 Å². The molecule has 4 nitrogen and oxygen atoms in total. The van der Waals surface area contributed by atoms with Gasteiger partial charge in [-0.3, -0.25) is 9.78 Å². The zero-order valence-electron chi connectivity index (χ0n) is 10.3. The van der Waals surface area contributed by atoms with Crippen molar-refractivity contribution in [3.8, 4) is 0 Å². The lowest BCUT2D eigenvalue weighted by Crippen LogP contribution is -2.43. The normalized spacial score (nSPS) is 30.4. The Morgan fingerprint density at radius 2 is 1.89 bits per heavy atom. The van der Waals surface area contributed by atoms with Crippen LogP contribution in [0.1, 0.15) is 32.1 Å². The Kier molecular flexibility index (Phi) is 2.94. The number of carboxylic acids is 1. The number of nitrogens with zero attached hydrogens (tertiary/aromatic N) is 2. The topological polar surface area (TPSA) is 53.4 Å². The van der Waals surface area contributed by atoms with Gasteiger partial charge in [-0.15, -0.1) is 0 Å². The maximum atomic E-state index is 10.8. The van der Waals surface area contributed by atoms with Gasteiger partial charge in [0.1, 0.15) is 0 Å². The van der Waals surface area contributed by atoms with Crippen molar-refractivity contribution in [2.75, 3.05) is 4.90 Å². The Morgan fingerprint density at radius 3 is 2.44 bits per heavy atom. The molecule has 2 fully saturated rings. The molecule has 2 aliphatic rings. The van der Waals surface area contributed by atoms with Crippen LogP contribution in [-0.2, 0) is 4.79 Å². The van der Waals surface area contributed by atoms with E-state index in [4.69, 9.17) is 5.11 Å². The highest BCUT2D eigenvalue weighted by Crippen LogP contribution is 2.42. The molecule has 0 radical (unpaired) electrons. The average molecular weight is 246 g/mol. The van der Waals surface area contributed by atoms with Crippen molar-refractivity contribution in [3.05, 3.63) is 24.5 Å².